The third-order valence-corrected chi connectivity index (χ3v) is 4.88. The standard InChI is InChI=1S/C18H25N3O3/c1-19(2)12-16(22)21-9-10-24-18(13-21)15(11-20(3)17(18)23)14-7-5-4-6-8-14/h4-8,15H,9-13H2,1-3H3. The van der Waals surface area contributed by atoms with Gasteiger partial charge in [-0.2, -0.15) is 0 Å². The number of ether oxygens (including phenoxy) is 1. The lowest BCUT2D eigenvalue weighted by molar-refractivity contribution is -0.167. The minimum atomic E-state index is -0.962. The summed E-state index contributed by atoms with van der Waals surface area (Å²) in [4.78, 5) is 30.7. The zero-order valence-corrected chi connectivity index (χ0v) is 14.6. The molecule has 0 aliphatic carbocycles. The van der Waals surface area contributed by atoms with Crippen LogP contribution < -0.4 is 0 Å². The van der Waals surface area contributed by atoms with E-state index in [0.29, 0.717) is 32.8 Å². The van der Waals surface area contributed by atoms with Crippen LogP contribution in [-0.4, -0.2) is 86.0 Å². The molecule has 1 aromatic rings. The Morgan fingerprint density at radius 3 is 2.71 bits per heavy atom. The van der Waals surface area contributed by atoms with E-state index in [4.69, 9.17) is 4.74 Å². The predicted octanol–water partition coefficient (Wildman–Crippen LogP) is 0.401. The molecule has 2 heterocycles. The number of carbonyl (C=O) groups is 2. The van der Waals surface area contributed by atoms with Crippen molar-refractivity contribution in [1.82, 2.24) is 14.7 Å². The summed E-state index contributed by atoms with van der Waals surface area (Å²) < 4.78 is 6.06. The SMILES string of the molecule is CN(C)CC(=O)N1CCOC2(C1)C(=O)N(C)CC2c1ccccc1. The molecular formula is C18H25N3O3. The Kier molecular flexibility index (Phi) is 4.60. The van der Waals surface area contributed by atoms with Crippen LogP contribution in [-0.2, 0) is 14.3 Å². The van der Waals surface area contributed by atoms with Crippen molar-refractivity contribution in [3.63, 3.8) is 0 Å². The summed E-state index contributed by atoms with van der Waals surface area (Å²) in [5, 5.41) is 0. The van der Waals surface area contributed by atoms with Crippen molar-refractivity contribution in [2.24, 2.45) is 0 Å². The number of carbonyl (C=O) groups excluding carboxylic acids is 2. The van der Waals surface area contributed by atoms with Gasteiger partial charge in [0.05, 0.1) is 19.7 Å². The van der Waals surface area contributed by atoms with E-state index in [2.05, 4.69) is 0 Å². The molecule has 6 heteroatoms. The number of nitrogens with zero attached hydrogens (tertiary/aromatic N) is 3. The van der Waals surface area contributed by atoms with Gasteiger partial charge in [0.25, 0.3) is 5.91 Å². The van der Waals surface area contributed by atoms with Crippen LogP contribution in [0.3, 0.4) is 0 Å². The van der Waals surface area contributed by atoms with Gasteiger partial charge in [-0.25, -0.2) is 0 Å². The molecule has 0 aromatic heterocycles. The predicted molar refractivity (Wildman–Crippen MR) is 90.6 cm³/mol. The first kappa shape index (κ1) is 16.9. The van der Waals surface area contributed by atoms with E-state index >= 15 is 0 Å². The minimum absolute atomic E-state index is 0.0290. The molecule has 1 aromatic carbocycles. The topological polar surface area (TPSA) is 53.1 Å². The summed E-state index contributed by atoms with van der Waals surface area (Å²) in [6.07, 6.45) is 0. The molecule has 2 saturated heterocycles. The van der Waals surface area contributed by atoms with E-state index in [9.17, 15) is 9.59 Å². The molecule has 3 rings (SSSR count). The molecule has 2 atom stereocenters. The highest BCUT2D eigenvalue weighted by molar-refractivity contribution is 5.90. The summed E-state index contributed by atoms with van der Waals surface area (Å²) in [5.74, 6) is -0.0540. The van der Waals surface area contributed by atoms with Gasteiger partial charge in [0, 0.05) is 26.1 Å². The lowest BCUT2D eigenvalue weighted by Gasteiger charge is -2.42. The van der Waals surface area contributed by atoms with Crippen LogP contribution in [0.25, 0.3) is 0 Å². The molecule has 2 aliphatic heterocycles. The largest absolute Gasteiger partial charge is 0.361 e. The lowest BCUT2D eigenvalue weighted by atomic mass is 9.83. The fourth-order valence-electron chi connectivity index (χ4n) is 3.71. The Hall–Kier alpha value is -1.92. The van der Waals surface area contributed by atoms with Crippen molar-refractivity contribution in [2.45, 2.75) is 11.5 Å². The van der Waals surface area contributed by atoms with Gasteiger partial charge in [0.2, 0.25) is 5.91 Å². The van der Waals surface area contributed by atoms with Gasteiger partial charge in [-0.1, -0.05) is 30.3 Å². The minimum Gasteiger partial charge on any atom is -0.361 e. The van der Waals surface area contributed by atoms with Crippen molar-refractivity contribution in [3.05, 3.63) is 35.9 Å². The first-order valence-corrected chi connectivity index (χ1v) is 8.31. The van der Waals surface area contributed by atoms with Crippen LogP contribution >= 0.6 is 0 Å². The Labute approximate surface area is 143 Å². The molecule has 6 nitrogen and oxygen atoms in total. The number of hydrogen-bond donors (Lipinski definition) is 0. The summed E-state index contributed by atoms with van der Waals surface area (Å²) in [5.41, 5.74) is 0.119. The van der Waals surface area contributed by atoms with Crippen LogP contribution in [0.1, 0.15) is 11.5 Å². The number of likely N-dealkylation sites (N-methyl/N-ethyl adjacent to an activating group) is 2. The Morgan fingerprint density at radius 1 is 1.33 bits per heavy atom. The van der Waals surface area contributed by atoms with Gasteiger partial charge in [0.1, 0.15) is 0 Å². The number of rotatable bonds is 3. The average molecular weight is 331 g/mol. The molecule has 2 aliphatic rings. The third-order valence-electron chi connectivity index (χ3n) is 4.88. The third kappa shape index (κ3) is 2.91. The van der Waals surface area contributed by atoms with E-state index in [0.717, 1.165) is 5.56 Å². The normalized spacial score (nSPS) is 27.3. The van der Waals surface area contributed by atoms with Gasteiger partial charge in [-0.05, 0) is 19.7 Å². The van der Waals surface area contributed by atoms with Crippen molar-refractivity contribution in [1.29, 1.82) is 0 Å². The second-order valence-corrected chi connectivity index (χ2v) is 6.94. The van der Waals surface area contributed by atoms with Crippen LogP contribution in [0.2, 0.25) is 0 Å². The summed E-state index contributed by atoms with van der Waals surface area (Å²) in [6.45, 7) is 2.20. The van der Waals surface area contributed by atoms with Crippen LogP contribution in [0.15, 0.2) is 30.3 Å². The van der Waals surface area contributed by atoms with Gasteiger partial charge in [0.15, 0.2) is 5.60 Å². The van der Waals surface area contributed by atoms with Crippen LogP contribution in [0.5, 0.6) is 0 Å². The van der Waals surface area contributed by atoms with Gasteiger partial charge in [-0.3, -0.25) is 9.59 Å². The second kappa shape index (κ2) is 6.53. The lowest BCUT2D eigenvalue weighted by Crippen LogP contribution is -2.60. The molecule has 1 spiro atoms. The monoisotopic (exact) mass is 331 g/mol. The van der Waals surface area contributed by atoms with E-state index < -0.39 is 5.60 Å². The van der Waals surface area contributed by atoms with E-state index in [-0.39, 0.29) is 17.7 Å². The first-order valence-electron chi connectivity index (χ1n) is 8.31. The summed E-state index contributed by atoms with van der Waals surface area (Å²) in [7, 11) is 5.54. The Balaban J connectivity index is 1.90. The molecule has 130 valence electrons. The maximum atomic E-state index is 12.9. The Morgan fingerprint density at radius 2 is 2.04 bits per heavy atom. The van der Waals surface area contributed by atoms with E-state index in [1.54, 1.807) is 16.8 Å². The number of hydrogen-bond acceptors (Lipinski definition) is 4. The van der Waals surface area contributed by atoms with Crippen molar-refractivity contribution < 1.29 is 14.3 Å². The molecule has 0 saturated carbocycles. The quantitative estimate of drug-likeness (QED) is 0.805. The molecule has 2 amide bonds. The molecular weight excluding hydrogens is 306 g/mol. The average Bonchev–Trinajstić information content (AvgIpc) is 2.80. The Bertz CT molecular complexity index is 619. The maximum Gasteiger partial charge on any atom is 0.257 e. The maximum absolute atomic E-state index is 12.9. The van der Waals surface area contributed by atoms with Gasteiger partial charge >= 0.3 is 0 Å². The fraction of sp³-hybridized carbons (Fsp3) is 0.556. The fourth-order valence-corrected chi connectivity index (χ4v) is 3.71. The zero-order valence-electron chi connectivity index (χ0n) is 14.6. The second-order valence-electron chi connectivity index (χ2n) is 6.94. The highest BCUT2D eigenvalue weighted by Crippen LogP contribution is 2.41. The molecule has 2 fully saturated rings. The molecule has 24 heavy (non-hydrogen) atoms. The molecule has 2 unspecified atom stereocenters. The first-order chi connectivity index (χ1) is 11.4. The van der Waals surface area contributed by atoms with Gasteiger partial charge < -0.3 is 19.4 Å². The number of benzene rings is 1. The van der Waals surface area contributed by atoms with Gasteiger partial charge in [-0.15, -0.1) is 0 Å². The van der Waals surface area contributed by atoms with Crippen molar-refractivity contribution >= 4 is 11.8 Å². The van der Waals surface area contributed by atoms with E-state index in [1.807, 2.05) is 49.3 Å². The summed E-state index contributed by atoms with van der Waals surface area (Å²) in [6, 6.07) is 9.98. The smallest absolute Gasteiger partial charge is 0.257 e. The van der Waals surface area contributed by atoms with Crippen LogP contribution in [0, 0.1) is 0 Å². The highest BCUT2D eigenvalue weighted by atomic mass is 16.5. The summed E-state index contributed by atoms with van der Waals surface area (Å²) >= 11 is 0. The zero-order chi connectivity index (χ0) is 17.3. The molecule has 0 bridgehead atoms. The molecule has 0 radical (unpaired) electrons. The van der Waals surface area contributed by atoms with E-state index in [1.165, 1.54) is 0 Å². The van der Waals surface area contributed by atoms with Crippen molar-refractivity contribution in [2.75, 3.05) is 53.9 Å². The van der Waals surface area contributed by atoms with Crippen molar-refractivity contribution in [3.8, 4) is 0 Å². The highest BCUT2D eigenvalue weighted by Gasteiger charge is 2.57. The number of amides is 2. The van der Waals surface area contributed by atoms with Crippen LogP contribution in [0.4, 0.5) is 0 Å². The molecule has 0 N–H and O–H groups in total. The number of morpholine rings is 1. The number of likely N-dealkylation sites (tertiary alicyclic amines) is 1.